The number of halogens is 3. The van der Waals surface area contributed by atoms with Gasteiger partial charge in [-0.3, -0.25) is 0 Å². The second kappa shape index (κ2) is 9.67. The number of alkyl halides is 3. The van der Waals surface area contributed by atoms with E-state index in [1.165, 1.54) is 6.07 Å². The Balaban J connectivity index is 1.75. The standard InChI is InChI=1S/C20H25F3N4O2S/c1-26(2)17(18-4-3-11-30-18)13-24-19(28)25-15-12-14(20(21,22)23)5-6-16(15)27-7-9-29-10-8-27/h3-6,11-12,17H,7-10,13H2,1-2H3,(H2,24,25,28)/t17-/m0/s1. The molecule has 10 heteroatoms. The number of ether oxygens (including phenoxy) is 1. The van der Waals surface area contributed by atoms with Crippen LogP contribution < -0.4 is 15.5 Å². The minimum absolute atomic E-state index is 0.0315. The summed E-state index contributed by atoms with van der Waals surface area (Å²) >= 11 is 1.58. The molecule has 0 radical (unpaired) electrons. The molecular weight excluding hydrogens is 417 g/mol. The number of hydrogen-bond donors (Lipinski definition) is 2. The maximum Gasteiger partial charge on any atom is 0.416 e. The van der Waals surface area contributed by atoms with Crippen LogP contribution in [0.4, 0.5) is 29.3 Å². The van der Waals surface area contributed by atoms with Crippen LogP contribution in [0.2, 0.25) is 0 Å². The average molecular weight is 443 g/mol. The smallest absolute Gasteiger partial charge is 0.378 e. The Labute approximate surface area is 177 Å². The zero-order valence-corrected chi connectivity index (χ0v) is 17.6. The summed E-state index contributed by atoms with van der Waals surface area (Å²) in [5.41, 5.74) is -0.134. The first-order valence-electron chi connectivity index (χ1n) is 9.54. The van der Waals surface area contributed by atoms with Gasteiger partial charge in [0.05, 0.1) is 36.2 Å². The molecule has 1 aromatic heterocycles. The maximum absolute atomic E-state index is 13.2. The van der Waals surface area contributed by atoms with E-state index in [2.05, 4.69) is 10.6 Å². The molecule has 1 aliphatic rings. The summed E-state index contributed by atoms with van der Waals surface area (Å²) in [5.74, 6) is 0. The molecule has 2 N–H and O–H groups in total. The highest BCUT2D eigenvalue weighted by Crippen LogP contribution is 2.35. The zero-order chi connectivity index (χ0) is 21.7. The number of carbonyl (C=O) groups is 1. The molecule has 1 atom stereocenters. The van der Waals surface area contributed by atoms with Crippen LogP contribution in [0.5, 0.6) is 0 Å². The van der Waals surface area contributed by atoms with Gasteiger partial charge in [-0.2, -0.15) is 13.2 Å². The largest absolute Gasteiger partial charge is 0.416 e. The van der Waals surface area contributed by atoms with Gasteiger partial charge in [0.15, 0.2) is 0 Å². The molecule has 2 amide bonds. The number of thiophene rings is 1. The number of nitrogens with zero attached hydrogens (tertiary/aromatic N) is 2. The minimum Gasteiger partial charge on any atom is -0.378 e. The second-order valence-corrected chi connectivity index (χ2v) is 8.14. The third-order valence-electron chi connectivity index (χ3n) is 4.87. The fraction of sp³-hybridized carbons (Fsp3) is 0.450. The molecule has 6 nitrogen and oxygen atoms in total. The van der Waals surface area contributed by atoms with Crippen molar-refractivity contribution < 1.29 is 22.7 Å². The van der Waals surface area contributed by atoms with Crippen LogP contribution in [-0.4, -0.2) is 57.9 Å². The Morgan fingerprint density at radius 2 is 2.00 bits per heavy atom. The summed E-state index contributed by atoms with van der Waals surface area (Å²) < 4.78 is 45.0. The van der Waals surface area contributed by atoms with E-state index in [-0.39, 0.29) is 11.7 Å². The molecule has 0 saturated carbocycles. The van der Waals surface area contributed by atoms with Gasteiger partial charge in [0, 0.05) is 24.5 Å². The van der Waals surface area contributed by atoms with E-state index in [1.807, 2.05) is 41.4 Å². The van der Waals surface area contributed by atoms with Gasteiger partial charge in [-0.05, 0) is 43.7 Å². The summed E-state index contributed by atoms with van der Waals surface area (Å²) in [4.78, 5) is 17.5. The maximum atomic E-state index is 13.2. The topological polar surface area (TPSA) is 56.8 Å². The van der Waals surface area contributed by atoms with Gasteiger partial charge in [-0.15, -0.1) is 11.3 Å². The van der Waals surface area contributed by atoms with Crippen molar-refractivity contribution >= 4 is 28.7 Å². The van der Waals surface area contributed by atoms with Crippen molar-refractivity contribution in [3.8, 4) is 0 Å². The molecule has 0 unspecified atom stereocenters. The lowest BCUT2D eigenvalue weighted by atomic mass is 10.1. The average Bonchev–Trinajstić information content (AvgIpc) is 3.22. The highest BCUT2D eigenvalue weighted by atomic mass is 32.1. The number of anilines is 2. The Bertz CT molecular complexity index is 837. The predicted octanol–water partition coefficient (Wildman–Crippen LogP) is 4.03. The van der Waals surface area contributed by atoms with Crippen LogP contribution in [0.15, 0.2) is 35.7 Å². The third-order valence-corrected chi connectivity index (χ3v) is 5.85. The van der Waals surface area contributed by atoms with Gasteiger partial charge < -0.3 is 25.2 Å². The van der Waals surface area contributed by atoms with E-state index < -0.39 is 17.8 Å². The van der Waals surface area contributed by atoms with E-state index >= 15 is 0 Å². The van der Waals surface area contributed by atoms with Crippen molar-refractivity contribution in [3.63, 3.8) is 0 Å². The zero-order valence-electron chi connectivity index (χ0n) is 16.8. The monoisotopic (exact) mass is 442 g/mol. The molecular formula is C20H25F3N4O2S. The molecule has 2 heterocycles. The highest BCUT2D eigenvalue weighted by molar-refractivity contribution is 7.10. The first-order chi connectivity index (χ1) is 14.3. The van der Waals surface area contributed by atoms with Crippen molar-refractivity contribution in [2.24, 2.45) is 0 Å². The van der Waals surface area contributed by atoms with Gasteiger partial charge >= 0.3 is 12.2 Å². The molecule has 3 rings (SSSR count). The minimum atomic E-state index is -4.49. The Morgan fingerprint density at radius 3 is 2.60 bits per heavy atom. The lowest BCUT2D eigenvalue weighted by molar-refractivity contribution is -0.137. The number of nitrogens with one attached hydrogen (secondary N) is 2. The first-order valence-corrected chi connectivity index (χ1v) is 10.4. The molecule has 30 heavy (non-hydrogen) atoms. The molecule has 0 aliphatic carbocycles. The Kier molecular flexibility index (Phi) is 7.22. The number of hydrogen-bond acceptors (Lipinski definition) is 5. The van der Waals surface area contributed by atoms with E-state index in [0.29, 0.717) is 38.5 Å². The lowest BCUT2D eigenvalue weighted by Crippen LogP contribution is -2.38. The van der Waals surface area contributed by atoms with Crippen LogP contribution in [0.25, 0.3) is 0 Å². The summed E-state index contributed by atoms with van der Waals surface area (Å²) in [5, 5.41) is 7.35. The van der Waals surface area contributed by atoms with E-state index in [9.17, 15) is 18.0 Å². The first kappa shape index (κ1) is 22.4. The van der Waals surface area contributed by atoms with Crippen molar-refractivity contribution in [2.75, 3.05) is 57.2 Å². The van der Waals surface area contributed by atoms with Crippen LogP contribution in [-0.2, 0) is 10.9 Å². The van der Waals surface area contributed by atoms with Crippen LogP contribution in [0, 0.1) is 0 Å². The summed E-state index contributed by atoms with van der Waals surface area (Å²) in [6, 6.07) is 6.76. The van der Waals surface area contributed by atoms with Crippen LogP contribution in [0.3, 0.4) is 0 Å². The second-order valence-electron chi connectivity index (χ2n) is 7.16. The summed E-state index contributed by atoms with van der Waals surface area (Å²) in [6.45, 7) is 2.38. The molecule has 164 valence electrons. The van der Waals surface area contributed by atoms with Gasteiger partial charge in [0.25, 0.3) is 0 Å². The number of amides is 2. The quantitative estimate of drug-likeness (QED) is 0.709. The van der Waals surface area contributed by atoms with Crippen molar-refractivity contribution in [1.82, 2.24) is 10.2 Å². The molecule has 2 aromatic rings. The molecule has 1 saturated heterocycles. The number of morpholine rings is 1. The summed E-state index contributed by atoms with van der Waals surface area (Å²) in [6.07, 6.45) is -4.49. The van der Waals surface area contributed by atoms with Gasteiger partial charge in [0.1, 0.15) is 0 Å². The van der Waals surface area contributed by atoms with E-state index in [4.69, 9.17) is 4.74 Å². The predicted molar refractivity (Wildman–Crippen MR) is 112 cm³/mol. The third kappa shape index (κ3) is 5.65. The van der Waals surface area contributed by atoms with E-state index in [0.717, 1.165) is 17.0 Å². The van der Waals surface area contributed by atoms with Crippen molar-refractivity contribution in [1.29, 1.82) is 0 Å². The highest BCUT2D eigenvalue weighted by Gasteiger charge is 2.32. The van der Waals surface area contributed by atoms with Crippen LogP contribution >= 0.6 is 11.3 Å². The van der Waals surface area contributed by atoms with E-state index in [1.54, 1.807) is 11.3 Å². The van der Waals surface area contributed by atoms with Crippen LogP contribution in [0.1, 0.15) is 16.5 Å². The molecule has 1 fully saturated rings. The Morgan fingerprint density at radius 1 is 1.27 bits per heavy atom. The Hall–Kier alpha value is -2.30. The molecule has 1 aromatic carbocycles. The molecule has 1 aliphatic heterocycles. The fourth-order valence-electron chi connectivity index (χ4n) is 3.27. The lowest BCUT2D eigenvalue weighted by Gasteiger charge is -2.31. The number of benzene rings is 1. The number of urea groups is 1. The summed E-state index contributed by atoms with van der Waals surface area (Å²) in [7, 11) is 3.82. The number of carbonyl (C=O) groups excluding carboxylic acids is 1. The molecule has 0 bridgehead atoms. The normalized spacial score (nSPS) is 15.9. The number of likely N-dealkylation sites (N-methyl/N-ethyl adjacent to an activating group) is 1. The SMILES string of the molecule is CN(C)[C@@H](CNC(=O)Nc1cc(C(F)(F)F)ccc1N1CCOCC1)c1cccs1. The fourth-order valence-corrected chi connectivity index (χ4v) is 4.19. The number of rotatable bonds is 6. The van der Waals surface area contributed by atoms with Gasteiger partial charge in [-0.25, -0.2) is 4.79 Å². The van der Waals surface area contributed by atoms with Gasteiger partial charge in [-0.1, -0.05) is 6.07 Å². The molecule has 0 spiro atoms. The van der Waals surface area contributed by atoms with Crippen molar-refractivity contribution in [2.45, 2.75) is 12.2 Å². The van der Waals surface area contributed by atoms with Gasteiger partial charge in [0.2, 0.25) is 0 Å². The van der Waals surface area contributed by atoms with Crippen molar-refractivity contribution in [3.05, 3.63) is 46.2 Å².